The molecule has 5 nitrogen and oxygen atoms in total. The van der Waals surface area contributed by atoms with Crippen LogP contribution in [-0.2, 0) is 11.2 Å². The molecule has 0 radical (unpaired) electrons. The van der Waals surface area contributed by atoms with Crippen LogP contribution in [0.4, 0.5) is 5.13 Å². The highest BCUT2D eigenvalue weighted by molar-refractivity contribution is 7.15. The Morgan fingerprint density at radius 1 is 1.50 bits per heavy atom. The predicted octanol–water partition coefficient (Wildman–Crippen LogP) is 1.66. The van der Waals surface area contributed by atoms with Gasteiger partial charge in [0.25, 0.3) is 0 Å². The number of anilines is 1. The number of rotatable bonds is 5. The van der Waals surface area contributed by atoms with Crippen molar-refractivity contribution in [2.75, 3.05) is 31.6 Å². The molecule has 1 aliphatic heterocycles. The van der Waals surface area contributed by atoms with E-state index in [1.807, 2.05) is 6.92 Å². The quantitative estimate of drug-likeness (QED) is 0.867. The lowest BCUT2D eigenvalue weighted by Gasteiger charge is -2.30. The van der Waals surface area contributed by atoms with Crippen molar-refractivity contribution >= 4 is 22.4 Å². The SMILES string of the molecule is CCc1nc(NC(=O)CN2CCC(CO)CC2)sc1C. The van der Waals surface area contributed by atoms with Gasteiger partial charge < -0.3 is 10.4 Å². The molecule has 112 valence electrons. The summed E-state index contributed by atoms with van der Waals surface area (Å²) in [5, 5.41) is 12.7. The van der Waals surface area contributed by atoms with Gasteiger partial charge in [-0.15, -0.1) is 11.3 Å². The fourth-order valence-electron chi connectivity index (χ4n) is 2.50. The number of aliphatic hydroxyl groups is 1. The summed E-state index contributed by atoms with van der Waals surface area (Å²) in [5.41, 5.74) is 1.06. The second kappa shape index (κ2) is 7.15. The molecule has 0 aromatic carbocycles. The molecule has 0 bridgehead atoms. The van der Waals surface area contributed by atoms with Crippen LogP contribution in [0.15, 0.2) is 0 Å². The largest absolute Gasteiger partial charge is 0.396 e. The number of thiazole rings is 1. The van der Waals surface area contributed by atoms with E-state index in [0.717, 1.165) is 38.0 Å². The summed E-state index contributed by atoms with van der Waals surface area (Å²) in [4.78, 5) is 19.7. The Hall–Kier alpha value is -0.980. The number of nitrogens with one attached hydrogen (secondary N) is 1. The lowest BCUT2D eigenvalue weighted by molar-refractivity contribution is -0.117. The lowest BCUT2D eigenvalue weighted by Crippen LogP contribution is -2.39. The van der Waals surface area contributed by atoms with Crippen molar-refractivity contribution in [1.29, 1.82) is 0 Å². The highest BCUT2D eigenvalue weighted by atomic mass is 32.1. The minimum absolute atomic E-state index is 0.00357. The monoisotopic (exact) mass is 297 g/mol. The summed E-state index contributed by atoms with van der Waals surface area (Å²) in [7, 11) is 0. The molecule has 0 atom stereocenters. The summed E-state index contributed by atoms with van der Waals surface area (Å²) < 4.78 is 0. The summed E-state index contributed by atoms with van der Waals surface area (Å²) in [6, 6.07) is 0. The van der Waals surface area contributed by atoms with E-state index in [1.54, 1.807) is 0 Å². The Bertz CT molecular complexity index is 453. The zero-order valence-electron chi connectivity index (χ0n) is 12.2. The first-order valence-electron chi connectivity index (χ1n) is 7.21. The maximum Gasteiger partial charge on any atom is 0.240 e. The third-order valence-corrected chi connectivity index (χ3v) is 4.73. The number of amides is 1. The first kappa shape index (κ1) is 15.4. The molecule has 1 fully saturated rings. The molecule has 2 N–H and O–H groups in total. The van der Waals surface area contributed by atoms with Gasteiger partial charge in [-0.2, -0.15) is 0 Å². The molecule has 2 rings (SSSR count). The number of hydrogen-bond donors (Lipinski definition) is 2. The number of likely N-dealkylation sites (tertiary alicyclic amines) is 1. The number of piperidine rings is 1. The lowest BCUT2D eigenvalue weighted by atomic mass is 9.98. The zero-order chi connectivity index (χ0) is 14.5. The highest BCUT2D eigenvalue weighted by Gasteiger charge is 2.20. The Kier molecular flexibility index (Phi) is 5.51. The number of aliphatic hydroxyl groups excluding tert-OH is 1. The van der Waals surface area contributed by atoms with Crippen LogP contribution in [-0.4, -0.2) is 47.1 Å². The van der Waals surface area contributed by atoms with Gasteiger partial charge in [-0.1, -0.05) is 6.92 Å². The predicted molar refractivity (Wildman–Crippen MR) is 81.1 cm³/mol. The summed E-state index contributed by atoms with van der Waals surface area (Å²) in [6.07, 6.45) is 2.84. The van der Waals surface area contributed by atoms with E-state index >= 15 is 0 Å². The molecule has 1 amide bonds. The molecule has 2 heterocycles. The third kappa shape index (κ3) is 4.01. The standard InChI is InChI=1S/C14H23N3O2S/c1-3-12-10(2)20-14(15-12)16-13(19)8-17-6-4-11(9-18)5-7-17/h11,18H,3-9H2,1-2H3,(H,15,16,19). The van der Waals surface area contributed by atoms with Gasteiger partial charge in [0.2, 0.25) is 5.91 Å². The smallest absolute Gasteiger partial charge is 0.240 e. The van der Waals surface area contributed by atoms with Crippen molar-refractivity contribution in [3.05, 3.63) is 10.6 Å². The molecule has 0 saturated carbocycles. The van der Waals surface area contributed by atoms with Gasteiger partial charge >= 0.3 is 0 Å². The van der Waals surface area contributed by atoms with Gasteiger partial charge in [0, 0.05) is 11.5 Å². The van der Waals surface area contributed by atoms with Crippen molar-refractivity contribution in [3.63, 3.8) is 0 Å². The van der Waals surface area contributed by atoms with E-state index in [9.17, 15) is 4.79 Å². The molecule has 1 aromatic rings. The Labute approximate surface area is 124 Å². The Morgan fingerprint density at radius 2 is 2.20 bits per heavy atom. The second-order valence-corrected chi connectivity index (χ2v) is 6.53. The summed E-state index contributed by atoms with van der Waals surface area (Å²) in [5.74, 6) is 0.409. The molecule has 0 spiro atoms. The van der Waals surface area contributed by atoms with Crippen LogP contribution in [0.2, 0.25) is 0 Å². The van der Waals surface area contributed by atoms with Crippen molar-refractivity contribution < 1.29 is 9.90 Å². The van der Waals surface area contributed by atoms with Crippen molar-refractivity contribution in [1.82, 2.24) is 9.88 Å². The molecular weight excluding hydrogens is 274 g/mol. The van der Waals surface area contributed by atoms with Crippen molar-refractivity contribution in [2.45, 2.75) is 33.1 Å². The maximum absolute atomic E-state index is 12.0. The fourth-order valence-corrected chi connectivity index (χ4v) is 3.42. The molecule has 6 heteroatoms. The average Bonchev–Trinajstić information content (AvgIpc) is 2.79. The van der Waals surface area contributed by atoms with Gasteiger partial charge in [0.1, 0.15) is 0 Å². The number of carbonyl (C=O) groups is 1. The fraction of sp³-hybridized carbons (Fsp3) is 0.714. The van der Waals surface area contributed by atoms with E-state index in [-0.39, 0.29) is 12.5 Å². The molecule has 1 aliphatic rings. The first-order chi connectivity index (χ1) is 9.62. The molecule has 0 unspecified atom stereocenters. The van der Waals surface area contributed by atoms with Crippen LogP contribution in [0, 0.1) is 12.8 Å². The van der Waals surface area contributed by atoms with Crippen LogP contribution in [0.3, 0.4) is 0 Å². The van der Waals surface area contributed by atoms with Crippen LogP contribution < -0.4 is 5.32 Å². The van der Waals surface area contributed by atoms with Gasteiger partial charge in [-0.25, -0.2) is 4.98 Å². The average molecular weight is 297 g/mol. The summed E-state index contributed by atoms with van der Waals surface area (Å²) in [6.45, 7) is 6.55. The maximum atomic E-state index is 12.0. The van der Waals surface area contributed by atoms with Gasteiger partial charge in [0.15, 0.2) is 5.13 Å². The third-order valence-electron chi connectivity index (χ3n) is 3.81. The minimum Gasteiger partial charge on any atom is -0.396 e. The number of aromatic nitrogens is 1. The normalized spacial score (nSPS) is 17.4. The molecule has 20 heavy (non-hydrogen) atoms. The van der Waals surface area contributed by atoms with Crippen molar-refractivity contribution in [2.24, 2.45) is 5.92 Å². The van der Waals surface area contributed by atoms with Crippen molar-refractivity contribution in [3.8, 4) is 0 Å². The van der Waals surface area contributed by atoms with E-state index < -0.39 is 0 Å². The van der Waals surface area contributed by atoms with Gasteiger partial charge in [-0.05, 0) is 45.2 Å². The zero-order valence-corrected chi connectivity index (χ0v) is 13.0. The topological polar surface area (TPSA) is 65.5 Å². The van der Waals surface area contributed by atoms with Crippen LogP contribution in [0.25, 0.3) is 0 Å². The van der Waals surface area contributed by atoms with Gasteiger partial charge in [0.05, 0.1) is 12.2 Å². The van der Waals surface area contributed by atoms with E-state index in [1.165, 1.54) is 16.2 Å². The molecule has 1 aromatic heterocycles. The van der Waals surface area contributed by atoms with Crippen LogP contribution in [0.5, 0.6) is 0 Å². The Morgan fingerprint density at radius 3 is 2.75 bits per heavy atom. The minimum atomic E-state index is 0.00357. The Balaban J connectivity index is 1.80. The van der Waals surface area contributed by atoms with Gasteiger partial charge in [-0.3, -0.25) is 9.69 Å². The number of hydrogen-bond acceptors (Lipinski definition) is 5. The highest BCUT2D eigenvalue weighted by Crippen LogP contribution is 2.22. The first-order valence-corrected chi connectivity index (χ1v) is 8.03. The second-order valence-electron chi connectivity index (χ2n) is 5.33. The van der Waals surface area contributed by atoms with E-state index in [2.05, 4.69) is 22.1 Å². The number of nitrogens with zero attached hydrogens (tertiary/aromatic N) is 2. The molecule has 1 saturated heterocycles. The van der Waals surface area contributed by atoms with E-state index in [4.69, 9.17) is 5.11 Å². The molecular formula is C14H23N3O2S. The van der Waals surface area contributed by atoms with E-state index in [0.29, 0.717) is 17.6 Å². The molecule has 0 aliphatic carbocycles. The number of carbonyl (C=O) groups excluding carboxylic acids is 1. The van der Waals surface area contributed by atoms with Crippen LogP contribution in [0.1, 0.15) is 30.3 Å². The summed E-state index contributed by atoms with van der Waals surface area (Å²) >= 11 is 1.54. The number of aryl methyl sites for hydroxylation is 2. The van der Waals surface area contributed by atoms with Crippen LogP contribution >= 0.6 is 11.3 Å².